The van der Waals surface area contributed by atoms with Crippen LogP contribution in [0.5, 0.6) is 0 Å². The zero-order valence-corrected chi connectivity index (χ0v) is 34.1. The van der Waals surface area contributed by atoms with E-state index in [0.717, 1.165) is 31.7 Å². The number of halogens is 4. The number of fused-ring (bicyclic) bond motifs is 2. The Labute approximate surface area is 352 Å². The first-order valence-corrected chi connectivity index (χ1v) is 20.9. The lowest BCUT2D eigenvalue weighted by Crippen LogP contribution is -2.56. The van der Waals surface area contributed by atoms with Gasteiger partial charge in [-0.05, 0) is 69.1 Å². The van der Waals surface area contributed by atoms with E-state index in [-0.39, 0.29) is 55.2 Å². The van der Waals surface area contributed by atoms with E-state index in [4.69, 9.17) is 0 Å². The van der Waals surface area contributed by atoms with Crippen LogP contribution in [0.25, 0.3) is 16.7 Å². The Morgan fingerprint density at radius 3 is 2.56 bits per heavy atom. The number of alkyl halides is 4. The van der Waals surface area contributed by atoms with E-state index in [1.165, 1.54) is 30.7 Å². The maximum atomic E-state index is 15.1. The van der Waals surface area contributed by atoms with Crippen molar-refractivity contribution < 1.29 is 31.9 Å². The lowest BCUT2D eigenvalue weighted by molar-refractivity contribution is -0.135. The molecule has 4 fully saturated rings. The lowest BCUT2D eigenvalue weighted by Gasteiger charge is -2.41. The number of rotatable bonds is 9. The Kier molecular flexibility index (Phi) is 11.1. The van der Waals surface area contributed by atoms with Gasteiger partial charge in [-0.3, -0.25) is 43.3 Å². The number of nitrogens with one attached hydrogen (secondary N) is 2. The van der Waals surface area contributed by atoms with Crippen LogP contribution in [0.2, 0.25) is 0 Å². The van der Waals surface area contributed by atoms with Crippen LogP contribution in [0.3, 0.4) is 0 Å². The molecule has 4 aliphatic rings. The second kappa shape index (κ2) is 16.7. The van der Waals surface area contributed by atoms with Crippen LogP contribution in [-0.4, -0.2) is 113 Å². The third-order valence-corrected chi connectivity index (χ3v) is 12.4. The van der Waals surface area contributed by atoms with E-state index < -0.39 is 54.7 Å². The minimum Gasteiger partial charge on any atom is -0.357 e. The summed E-state index contributed by atoms with van der Waals surface area (Å²) in [5, 5.41) is 13.4. The number of aryl methyl sites for hydroxylation is 1. The van der Waals surface area contributed by atoms with E-state index in [9.17, 15) is 28.0 Å². The smallest absolute Gasteiger partial charge is 0.329 e. The van der Waals surface area contributed by atoms with Gasteiger partial charge in [-0.2, -0.15) is 10.2 Å². The minimum absolute atomic E-state index is 0.0508. The van der Waals surface area contributed by atoms with Crippen LogP contribution < -0.4 is 21.2 Å². The zero-order chi connectivity index (χ0) is 43.3. The van der Waals surface area contributed by atoms with Crippen molar-refractivity contribution in [3.63, 3.8) is 0 Å². The molecule has 1 aliphatic carbocycles. The highest BCUT2D eigenvalue weighted by Gasteiger charge is 2.40. The predicted molar refractivity (Wildman–Crippen MR) is 219 cm³/mol. The fourth-order valence-electron chi connectivity index (χ4n) is 9.47. The van der Waals surface area contributed by atoms with Gasteiger partial charge in [0.2, 0.25) is 11.8 Å². The second-order valence-corrected chi connectivity index (χ2v) is 16.8. The standard InChI is InChI=1S/C42H46F4N12O4/c1-52-36-27(6-4-8-31(36)58(41(52)62)32-13-14-34(59)50-40(32)61)7-5-16-53-23-42(45,46)24-54(25-53)21-26-9-11-28(12-10-26)57-22-30(35(51-57)37(43)44)48-39(60)29-20-47-56-19-15-33(49-38(29)56)55-17-2-3-18-55/h4,6,8,15,19-20,22,26,28,32,37H,2-3,9-14,16-18,21,23-25H2,1H3,(H,48,60)(H,50,59,61). The summed E-state index contributed by atoms with van der Waals surface area (Å²) in [7, 11) is 1.58. The molecular weight excluding hydrogens is 813 g/mol. The van der Waals surface area contributed by atoms with Crippen molar-refractivity contribution in [3.8, 4) is 11.8 Å². The summed E-state index contributed by atoms with van der Waals surface area (Å²) in [6.45, 7) is 1.63. The Balaban J connectivity index is 0.824. The normalized spacial score (nSPS) is 22.4. The van der Waals surface area contributed by atoms with Crippen LogP contribution in [0.15, 0.2) is 47.7 Å². The highest BCUT2D eigenvalue weighted by molar-refractivity contribution is 6.08. The molecule has 5 aromatic rings. The molecule has 0 bridgehead atoms. The van der Waals surface area contributed by atoms with Gasteiger partial charge in [-0.15, -0.1) is 0 Å². The molecule has 62 heavy (non-hydrogen) atoms. The first kappa shape index (κ1) is 41.3. The number of nitrogens with zero attached hydrogens (tertiary/aromatic N) is 10. The Morgan fingerprint density at radius 2 is 1.81 bits per heavy atom. The number of hydrogen-bond donors (Lipinski definition) is 2. The number of hydrogen-bond acceptors (Lipinski definition) is 10. The molecular formula is C42H46F4N12O4. The van der Waals surface area contributed by atoms with Crippen LogP contribution in [0.1, 0.15) is 91.5 Å². The Bertz CT molecular complexity index is 2660. The summed E-state index contributed by atoms with van der Waals surface area (Å²) in [4.78, 5) is 61.2. The molecule has 0 spiro atoms. The molecule has 3 aliphatic heterocycles. The number of carbonyl (C=O) groups excluding carboxylic acids is 3. The Hall–Kier alpha value is -6.07. The monoisotopic (exact) mass is 858 g/mol. The zero-order valence-electron chi connectivity index (χ0n) is 34.1. The van der Waals surface area contributed by atoms with Crippen molar-refractivity contribution in [3.05, 3.63) is 70.2 Å². The van der Waals surface area contributed by atoms with Crippen LogP contribution in [-0.2, 0) is 16.6 Å². The molecule has 4 aromatic heterocycles. The van der Waals surface area contributed by atoms with Crippen LogP contribution in [0, 0.1) is 17.8 Å². The Morgan fingerprint density at radius 1 is 1.03 bits per heavy atom. The van der Waals surface area contributed by atoms with Gasteiger partial charge in [-0.1, -0.05) is 17.9 Å². The number of imidazole rings is 1. The molecule has 326 valence electrons. The molecule has 7 heterocycles. The largest absolute Gasteiger partial charge is 0.357 e. The van der Waals surface area contributed by atoms with E-state index in [1.807, 2.05) is 6.07 Å². The van der Waals surface area contributed by atoms with E-state index in [1.54, 1.807) is 41.2 Å². The highest BCUT2D eigenvalue weighted by Crippen LogP contribution is 2.36. The highest BCUT2D eigenvalue weighted by atomic mass is 19.3. The van der Waals surface area contributed by atoms with Crippen molar-refractivity contribution >= 4 is 45.9 Å². The van der Waals surface area contributed by atoms with E-state index in [2.05, 4.69) is 42.6 Å². The SMILES string of the molecule is Cn1c(=O)n(C2CCC(=O)NC2=O)c2cccc(C#CCN3CN(CC4CCC(n5cc(NC(=O)c6cnn7ccc(N8CCCC8)nc67)c(C(F)F)n5)CC4)CC(F)(F)C3)c21. The molecule has 2 N–H and O–H groups in total. The van der Waals surface area contributed by atoms with Gasteiger partial charge in [0.05, 0.1) is 60.8 Å². The molecule has 16 nitrogen and oxygen atoms in total. The van der Waals surface area contributed by atoms with Crippen LogP contribution >= 0.6 is 0 Å². The maximum Gasteiger partial charge on any atom is 0.329 e. The summed E-state index contributed by atoms with van der Waals surface area (Å²) >= 11 is 0. The minimum atomic E-state index is -2.97. The first-order chi connectivity index (χ1) is 29.8. The van der Waals surface area contributed by atoms with Crippen molar-refractivity contribution in [1.82, 2.24) is 48.6 Å². The average Bonchev–Trinajstić information content (AvgIpc) is 4.05. The number of aromatic nitrogens is 7. The molecule has 3 amide bonds. The van der Waals surface area contributed by atoms with Gasteiger partial charge in [0.15, 0.2) is 11.3 Å². The number of piperidine rings is 1. The summed E-state index contributed by atoms with van der Waals surface area (Å²) in [6.07, 6.45) is 6.54. The van der Waals surface area contributed by atoms with E-state index >= 15 is 8.78 Å². The van der Waals surface area contributed by atoms with Crippen molar-refractivity contribution in [2.45, 2.75) is 75.8 Å². The van der Waals surface area contributed by atoms with Crippen molar-refractivity contribution in [1.29, 1.82) is 0 Å². The van der Waals surface area contributed by atoms with Gasteiger partial charge in [0.25, 0.3) is 18.3 Å². The molecule has 1 atom stereocenters. The maximum absolute atomic E-state index is 15.1. The van der Waals surface area contributed by atoms with Gasteiger partial charge in [0.1, 0.15) is 17.4 Å². The molecule has 9 rings (SSSR count). The number of amides is 3. The van der Waals surface area contributed by atoms with Crippen molar-refractivity contribution in [2.24, 2.45) is 13.0 Å². The van der Waals surface area contributed by atoms with Crippen LogP contribution in [0.4, 0.5) is 29.1 Å². The summed E-state index contributed by atoms with van der Waals surface area (Å²) in [6, 6.07) is 5.93. The number of benzene rings is 1. The molecule has 1 saturated carbocycles. The molecule has 1 unspecified atom stereocenters. The lowest BCUT2D eigenvalue weighted by atomic mass is 9.85. The molecule has 20 heteroatoms. The first-order valence-electron chi connectivity index (χ1n) is 20.9. The second-order valence-electron chi connectivity index (χ2n) is 16.8. The molecule has 0 radical (unpaired) electrons. The third kappa shape index (κ3) is 8.18. The quantitative estimate of drug-likeness (QED) is 0.124. The van der Waals surface area contributed by atoms with Gasteiger partial charge < -0.3 is 10.2 Å². The predicted octanol–water partition coefficient (Wildman–Crippen LogP) is 4.34. The van der Waals surface area contributed by atoms with Gasteiger partial charge >= 0.3 is 5.69 Å². The average molecular weight is 859 g/mol. The van der Waals surface area contributed by atoms with Crippen molar-refractivity contribution in [2.75, 3.05) is 56.2 Å². The van der Waals surface area contributed by atoms with E-state index in [0.29, 0.717) is 54.5 Å². The summed E-state index contributed by atoms with van der Waals surface area (Å²) < 4.78 is 64.6. The fraction of sp³-hybridized carbons (Fsp3) is 0.500. The molecule has 1 aromatic carbocycles. The molecule has 3 saturated heterocycles. The fourth-order valence-corrected chi connectivity index (χ4v) is 9.47. The summed E-state index contributed by atoms with van der Waals surface area (Å²) in [5.41, 5.74) is 0.922. The van der Waals surface area contributed by atoms with Gasteiger partial charge in [0, 0.05) is 45.5 Å². The number of para-hydroxylation sites is 1. The topological polar surface area (TPSA) is 160 Å². The third-order valence-electron chi connectivity index (χ3n) is 12.4. The number of carbonyl (C=O) groups is 3. The number of imide groups is 1. The number of anilines is 2. The van der Waals surface area contributed by atoms with Gasteiger partial charge in [-0.25, -0.2) is 31.9 Å². The summed E-state index contributed by atoms with van der Waals surface area (Å²) in [5.74, 6) is 2.37.